The molecule has 68 valence electrons. The number of hydrogen-bond acceptors (Lipinski definition) is 4. The van der Waals surface area contributed by atoms with Crippen LogP contribution in [-0.4, -0.2) is 18.1 Å². The molecule has 0 spiro atoms. The van der Waals surface area contributed by atoms with Crippen LogP contribution >= 0.6 is 0 Å². The van der Waals surface area contributed by atoms with Gasteiger partial charge in [0.25, 0.3) is 0 Å². The van der Waals surface area contributed by atoms with Gasteiger partial charge in [-0.15, -0.1) is 0 Å². The van der Waals surface area contributed by atoms with Gasteiger partial charge in [-0.05, 0) is 25.1 Å². The van der Waals surface area contributed by atoms with Gasteiger partial charge in [-0.1, -0.05) is 0 Å². The monoisotopic (exact) mass is 176 g/mol. The van der Waals surface area contributed by atoms with Gasteiger partial charge >= 0.3 is 0 Å². The lowest BCUT2D eigenvalue weighted by Gasteiger charge is -2.03. The topological polar surface area (TPSA) is 74.7 Å². The molecule has 4 heteroatoms. The largest absolute Gasteiger partial charge is 0.370 e. The fourth-order valence-electron chi connectivity index (χ4n) is 0.915. The number of hydrogen-bond donors (Lipinski definition) is 2. The minimum absolute atomic E-state index is 0.616. The van der Waals surface area contributed by atoms with E-state index in [9.17, 15) is 0 Å². The van der Waals surface area contributed by atoms with Crippen LogP contribution in [0.2, 0.25) is 0 Å². The number of nitrogens with two attached hydrogens (primary N) is 1. The summed E-state index contributed by atoms with van der Waals surface area (Å²) in [5.74, 6) is 0.729. The molecule has 4 nitrogen and oxygen atoms in total. The van der Waals surface area contributed by atoms with Gasteiger partial charge in [0.1, 0.15) is 5.82 Å². The first kappa shape index (κ1) is 9.49. The van der Waals surface area contributed by atoms with Gasteiger partial charge in [-0.3, -0.25) is 0 Å². The first-order valence-electron chi connectivity index (χ1n) is 4.17. The number of nitrogens with zero attached hydrogens (tertiary/aromatic N) is 2. The van der Waals surface area contributed by atoms with Crippen molar-refractivity contribution in [3.8, 4) is 6.07 Å². The molecule has 0 amide bonds. The standard InChI is InChI=1S/C9H12N4/c10-3-1-4-12-9-6-8(7-11)2-5-13-9/h2,5-6H,1,3-4,10H2,(H,12,13). The molecule has 0 radical (unpaired) electrons. The molecule has 0 fully saturated rings. The third kappa shape index (κ3) is 3.09. The number of pyridine rings is 1. The highest BCUT2D eigenvalue weighted by Crippen LogP contribution is 2.04. The Morgan fingerprint density at radius 3 is 3.15 bits per heavy atom. The molecule has 0 aliphatic heterocycles. The van der Waals surface area contributed by atoms with E-state index in [4.69, 9.17) is 11.0 Å². The molecule has 1 heterocycles. The first-order valence-corrected chi connectivity index (χ1v) is 4.17. The van der Waals surface area contributed by atoms with Gasteiger partial charge in [0.2, 0.25) is 0 Å². The molecule has 0 unspecified atom stereocenters. The van der Waals surface area contributed by atoms with E-state index in [1.54, 1.807) is 18.3 Å². The van der Waals surface area contributed by atoms with Gasteiger partial charge in [0, 0.05) is 12.7 Å². The number of aromatic nitrogens is 1. The van der Waals surface area contributed by atoms with Crippen molar-refractivity contribution in [3.63, 3.8) is 0 Å². The Kier molecular flexibility index (Phi) is 3.74. The average Bonchev–Trinajstić information content (AvgIpc) is 2.19. The summed E-state index contributed by atoms with van der Waals surface area (Å²) < 4.78 is 0. The normalized spacial score (nSPS) is 9.23. The van der Waals surface area contributed by atoms with Crippen LogP contribution in [-0.2, 0) is 0 Å². The lowest BCUT2D eigenvalue weighted by Crippen LogP contribution is -2.09. The zero-order valence-electron chi connectivity index (χ0n) is 7.33. The average molecular weight is 176 g/mol. The van der Waals surface area contributed by atoms with Crippen LogP contribution in [0.5, 0.6) is 0 Å². The van der Waals surface area contributed by atoms with E-state index >= 15 is 0 Å². The summed E-state index contributed by atoms with van der Waals surface area (Å²) in [7, 11) is 0. The fourth-order valence-corrected chi connectivity index (χ4v) is 0.915. The van der Waals surface area contributed by atoms with Crippen LogP contribution in [0.4, 0.5) is 5.82 Å². The number of anilines is 1. The van der Waals surface area contributed by atoms with E-state index < -0.39 is 0 Å². The van der Waals surface area contributed by atoms with E-state index in [0.717, 1.165) is 18.8 Å². The van der Waals surface area contributed by atoms with Gasteiger partial charge in [-0.25, -0.2) is 4.98 Å². The Balaban J connectivity index is 2.52. The predicted molar refractivity (Wildman–Crippen MR) is 51.1 cm³/mol. The number of nitrogens with one attached hydrogen (secondary N) is 1. The first-order chi connectivity index (χ1) is 6.36. The minimum Gasteiger partial charge on any atom is -0.370 e. The van der Waals surface area contributed by atoms with E-state index in [2.05, 4.69) is 16.4 Å². The predicted octanol–water partition coefficient (Wildman–Crippen LogP) is 0.714. The molecule has 0 bridgehead atoms. The number of rotatable bonds is 4. The zero-order valence-corrected chi connectivity index (χ0v) is 7.33. The van der Waals surface area contributed by atoms with Crippen LogP contribution in [0, 0.1) is 11.3 Å². The summed E-state index contributed by atoms with van der Waals surface area (Å²) in [6.45, 7) is 1.45. The second-order valence-corrected chi connectivity index (χ2v) is 2.61. The molecular weight excluding hydrogens is 164 g/mol. The second kappa shape index (κ2) is 5.12. The highest BCUT2D eigenvalue weighted by Gasteiger charge is 1.94. The van der Waals surface area contributed by atoms with E-state index in [0.29, 0.717) is 12.1 Å². The molecule has 1 aromatic rings. The Labute approximate surface area is 77.4 Å². The molecule has 0 saturated carbocycles. The molecule has 1 rings (SSSR count). The highest BCUT2D eigenvalue weighted by atomic mass is 15.0. The molecule has 0 atom stereocenters. The summed E-state index contributed by atoms with van der Waals surface area (Å²) >= 11 is 0. The van der Waals surface area contributed by atoms with Crippen LogP contribution in [0.1, 0.15) is 12.0 Å². The summed E-state index contributed by atoms with van der Waals surface area (Å²) in [4.78, 5) is 4.06. The van der Waals surface area contributed by atoms with E-state index in [1.165, 1.54) is 0 Å². The maximum atomic E-state index is 8.61. The summed E-state index contributed by atoms with van der Waals surface area (Å²) in [6, 6.07) is 5.45. The van der Waals surface area contributed by atoms with Gasteiger partial charge in [0.15, 0.2) is 0 Å². The quantitative estimate of drug-likeness (QED) is 0.663. The van der Waals surface area contributed by atoms with Gasteiger partial charge in [0.05, 0.1) is 11.6 Å². The second-order valence-electron chi connectivity index (χ2n) is 2.61. The van der Waals surface area contributed by atoms with E-state index in [1.807, 2.05) is 0 Å². The zero-order chi connectivity index (χ0) is 9.52. The highest BCUT2D eigenvalue weighted by molar-refractivity contribution is 5.42. The van der Waals surface area contributed by atoms with Crippen molar-refractivity contribution in [2.24, 2.45) is 5.73 Å². The lowest BCUT2D eigenvalue weighted by molar-refractivity contribution is 0.870. The summed E-state index contributed by atoms with van der Waals surface area (Å²) in [6.07, 6.45) is 2.52. The van der Waals surface area contributed by atoms with Crippen molar-refractivity contribution in [1.82, 2.24) is 4.98 Å². The maximum absolute atomic E-state index is 8.61. The molecule has 0 aromatic carbocycles. The van der Waals surface area contributed by atoms with Gasteiger partial charge in [-0.2, -0.15) is 5.26 Å². The fraction of sp³-hybridized carbons (Fsp3) is 0.333. The van der Waals surface area contributed by atoms with Crippen LogP contribution in [0.15, 0.2) is 18.3 Å². The van der Waals surface area contributed by atoms with Crippen LogP contribution in [0.25, 0.3) is 0 Å². The lowest BCUT2D eigenvalue weighted by atomic mass is 10.3. The SMILES string of the molecule is N#Cc1ccnc(NCCCN)c1. The van der Waals surface area contributed by atoms with E-state index in [-0.39, 0.29) is 0 Å². The molecule has 0 aliphatic rings. The molecule has 1 aromatic heterocycles. The Morgan fingerprint density at radius 2 is 2.46 bits per heavy atom. The van der Waals surface area contributed by atoms with Crippen LogP contribution < -0.4 is 11.1 Å². The van der Waals surface area contributed by atoms with Crippen molar-refractivity contribution in [2.75, 3.05) is 18.4 Å². The van der Waals surface area contributed by atoms with Crippen molar-refractivity contribution in [1.29, 1.82) is 5.26 Å². The van der Waals surface area contributed by atoms with Gasteiger partial charge < -0.3 is 11.1 Å². The third-order valence-corrected chi connectivity index (χ3v) is 1.58. The maximum Gasteiger partial charge on any atom is 0.127 e. The molecular formula is C9H12N4. The van der Waals surface area contributed by atoms with Crippen molar-refractivity contribution in [2.45, 2.75) is 6.42 Å². The Morgan fingerprint density at radius 1 is 1.62 bits per heavy atom. The van der Waals surface area contributed by atoms with Crippen LogP contribution in [0.3, 0.4) is 0 Å². The molecule has 0 saturated heterocycles. The van der Waals surface area contributed by atoms with Crippen molar-refractivity contribution >= 4 is 5.82 Å². The third-order valence-electron chi connectivity index (χ3n) is 1.58. The number of nitriles is 1. The molecule has 0 aliphatic carbocycles. The Hall–Kier alpha value is -1.60. The molecule has 3 N–H and O–H groups in total. The summed E-state index contributed by atoms with van der Waals surface area (Å²) in [5.41, 5.74) is 5.95. The summed E-state index contributed by atoms with van der Waals surface area (Å²) in [5, 5.41) is 11.7. The smallest absolute Gasteiger partial charge is 0.127 e. The van der Waals surface area contributed by atoms with Crippen molar-refractivity contribution < 1.29 is 0 Å². The molecule has 13 heavy (non-hydrogen) atoms. The van der Waals surface area contributed by atoms with Crippen molar-refractivity contribution in [3.05, 3.63) is 23.9 Å². The Bertz CT molecular complexity index is 303. The minimum atomic E-state index is 0.616.